The summed E-state index contributed by atoms with van der Waals surface area (Å²) < 4.78 is 7.20. The molecule has 0 amide bonds. The Hall–Kier alpha value is -2.61. The molecule has 5 nitrogen and oxygen atoms in total. The van der Waals surface area contributed by atoms with E-state index in [2.05, 4.69) is 11.2 Å². The first kappa shape index (κ1) is 12.8. The molecule has 2 rings (SSSR count). The van der Waals surface area contributed by atoms with Crippen LogP contribution in [0.15, 0.2) is 24.3 Å². The van der Waals surface area contributed by atoms with E-state index in [1.165, 1.54) is 4.68 Å². The smallest absolute Gasteiger partial charge is 0.228 e. The molecule has 0 aliphatic rings. The lowest BCUT2D eigenvalue weighted by molar-refractivity contribution is 0.112. The van der Waals surface area contributed by atoms with Crippen molar-refractivity contribution in [2.75, 3.05) is 0 Å². The minimum Gasteiger partial charge on any atom is -0.439 e. The number of carbonyl (C=O) groups excluding carboxylic acids is 1. The van der Waals surface area contributed by atoms with Gasteiger partial charge in [0.15, 0.2) is 6.29 Å². The van der Waals surface area contributed by atoms with Crippen LogP contribution in [0.2, 0.25) is 0 Å². The molecule has 0 aliphatic carbocycles. The van der Waals surface area contributed by atoms with Crippen LogP contribution >= 0.6 is 0 Å². The van der Waals surface area contributed by atoms with Crippen molar-refractivity contribution in [1.82, 2.24) is 9.78 Å². The molecule has 0 saturated carbocycles. The molecular formula is C14H13N3O2. The van der Waals surface area contributed by atoms with Crippen LogP contribution in [0.3, 0.4) is 0 Å². The molecule has 0 aliphatic heterocycles. The summed E-state index contributed by atoms with van der Waals surface area (Å²) >= 11 is 0. The lowest BCUT2D eigenvalue weighted by atomic mass is 10.2. The molecule has 0 spiro atoms. The zero-order valence-corrected chi connectivity index (χ0v) is 10.8. The Morgan fingerprint density at radius 1 is 1.42 bits per heavy atom. The number of aldehydes is 1. The van der Waals surface area contributed by atoms with Gasteiger partial charge in [0.05, 0.1) is 23.7 Å². The van der Waals surface area contributed by atoms with Gasteiger partial charge in [0, 0.05) is 7.05 Å². The minimum absolute atomic E-state index is 0.366. The summed E-state index contributed by atoms with van der Waals surface area (Å²) in [6, 6.07) is 9.26. The fourth-order valence-electron chi connectivity index (χ4n) is 1.79. The first-order chi connectivity index (χ1) is 9.15. The highest BCUT2D eigenvalue weighted by Crippen LogP contribution is 2.26. The van der Waals surface area contributed by atoms with Crippen molar-refractivity contribution < 1.29 is 9.53 Å². The predicted molar refractivity (Wildman–Crippen MR) is 69.2 cm³/mol. The second-order valence-electron chi connectivity index (χ2n) is 4.13. The highest BCUT2D eigenvalue weighted by atomic mass is 16.5. The van der Waals surface area contributed by atoms with Crippen LogP contribution in [0.1, 0.15) is 21.6 Å². The third-order valence-electron chi connectivity index (χ3n) is 2.75. The fraction of sp³-hybridized carbons (Fsp3) is 0.214. The van der Waals surface area contributed by atoms with Gasteiger partial charge in [-0.25, -0.2) is 4.68 Å². The van der Waals surface area contributed by atoms with E-state index < -0.39 is 0 Å². The molecule has 1 aromatic carbocycles. The Morgan fingerprint density at radius 2 is 2.11 bits per heavy atom. The number of hydrogen-bond donors (Lipinski definition) is 0. The SMILES string of the molecule is Cc1nn(C)c(Oc2ccc(CC#N)cc2)c1C=O. The van der Waals surface area contributed by atoms with Gasteiger partial charge in [-0.2, -0.15) is 10.4 Å². The number of ether oxygens (including phenoxy) is 1. The van der Waals surface area contributed by atoms with Crippen molar-refractivity contribution in [2.24, 2.45) is 7.05 Å². The van der Waals surface area contributed by atoms with E-state index in [1.54, 1.807) is 26.1 Å². The Labute approximate surface area is 111 Å². The first-order valence-electron chi connectivity index (χ1n) is 5.78. The van der Waals surface area contributed by atoms with Crippen molar-refractivity contribution in [3.63, 3.8) is 0 Å². The zero-order chi connectivity index (χ0) is 13.8. The molecule has 0 fully saturated rings. The minimum atomic E-state index is 0.366. The van der Waals surface area contributed by atoms with E-state index in [0.29, 0.717) is 29.3 Å². The van der Waals surface area contributed by atoms with Crippen molar-refractivity contribution in [2.45, 2.75) is 13.3 Å². The number of aryl methyl sites for hydroxylation is 2. The Morgan fingerprint density at radius 3 is 2.68 bits per heavy atom. The number of benzene rings is 1. The van der Waals surface area contributed by atoms with E-state index in [0.717, 1.165) is 11.8 Å². The van der Waals surface area contributed by atoms with Crippen molar-refractivity contribution in [3.05, 3.63) is 41.1 Å². The van der Waals surface area contributed by atoms with Crippen LogP contribution in [0.4, 0.5) is 0 Å². The number of carbonyl (C=O) groups is 1. The molecule has 0 radical (unpaired) electrons. The summed E-state index contributed by atoms with van der Waals surface area (Å²) in [5, 5.41) is 12.7. The molecule has 0 saturated heterocycles. The highest BCUT2D eigenvalue weighted by molar-refractivity contribution is 5.80. The summed E-state index contributed by atoms with van der Waals surface area (Å²) in [4.78, 5) is 11.0. The molecule has 19 heavy (non-hydrogen) atoms. The van der Waals surface area contributed by atoms with Crippen LogP contribution in [-0.2, 0) is 13.5 Å². The molecule has 0 N–H and O–H groups in total. The number of nitrogens with zero attached hydrogens (tertiary/aromatic N) is 3. The van der Waals surface area contributed by atoms with Gasteiger partial charge >= 0.3 is 0 Å². The maximum absolute atomic E-state index is 11.0. The Balaban J connectivity index is 2.26. The van der Waals surface area contributed by atoms with Gasteiger partial charge in [-0.3, -0.25) is 4.79 Å². The molecule has 0 bridgehead atoms. The van der Waals surface area contributed by atoms with Crippen molar-refractivity contribution in [3.8, 4) is 17.7 Å². The standard InChI is InChI=1S/C14H13N3O2/c1-10-13(9-18)14(17(2)16-10)19-12-5-3-11(4-6-12)7-8-15/h3-6,9H,7H2,1-2H3. The van der Waals surface area contributed by atoms with E-state index >= 15 is 0 Å². The first-order valence-corrected chi connectivity index (χ1v) is 5.78. The lowest BCUT2D eigenvalue weighted by Gasteiger charge is -2.06. The number of nitriles is 1. The predicted octanol–water partition coefficient (Wildman–Crippen LogP) is 2.40. The third kappa shape index (κ3) is 2.63. The van der Waals surface area contributed by atoms with Crippen LogP contribution in [0, 0.1) is 18.3 Å². The highest BCUT2D eigenvalue weighted by Gasteiger charge is 2.14. The van der Waals surface area contributed by atoms with Gasteiger partial charge in [0.2, 0.25) is 5.88 Å². The quantitative estimate of drug-likeness (QED) is 0.787. The second kappa shape index (κ2) is 5.36. The van der Waals surface area contributed by atoms with E-state index in [4.69, 9.17) is 10.00 Å². The molecule has 0 atom stereocenters. The monoisotopic (exact) mass is 255 g/mol. The van der Waals surface area contributed by atoms with Crippen molar-refractivity contribution in [1.29, 1.82) is 5.26 Å². The third-order valence-corrected chi connectivity index (χ3v) is 2.75. The van der Waals surface area contributed by atoms with Gasteiger partial charge in [0.25, 0.3) is 0 Å². The molecule has 5 heteroatoms. The van der Waals surface area contributed by atoms with Gasteiger partial charge in [0.1, 0.15) is 5.75 Å². The van der Waals surface area contributed by atoms with Crippen LogP contribution in [-0.4, -0.2) is 16.1 Å². The average Bonchev–Trinajstić information content (AvgIpc) is 2.66. The topological polar surface area (TPSA) is 67.9 Å². The summed E-state index contributed by atoms with van der Waals surface area (Å²) in [7, 11) is 1.72. The summed E-state index contributed by atoms with van der Waals surface area (Å²) in [5.41, 5.74) is 2.00. The van der Waals surface area contributed by atoms with Gasteiger partial charge < -0.3 is 4.74 Å². The zero-order valence-electron chi connectivity index (χ0n) is 10.8. The van der Waals surface area contributed by atoms with Crippen molar-refractivity contribution >= 4 is 6.29 Å². The summed E-state index contributed by atoms with van der Waals surface area (Å²) in [5.74, 6) is 1.02. The number of aromatic nitrogens is 2. The van der Waals surface area contributed by atoms with E-state index in [-0.39, 0.29) is 0 Å². The molecule has 2 aromatic rings. The van der Waals surface area contributed by atoms with E-state index in [1.807, 2.05) is 12.1 Å². The lowest BCUT2D eigenvalue weighted by Crippen LogP contribution is -1.96. The van der Waals surface area contributed by atoms with Gasteiger partial charge in [-0.05, 0) is 24.6 Å². The fourth-order valence-corrected chi connectivity index (χ4v) is 1.79. The molecule has 0 unspecified atom stereocenters. The molecular weight excluding hydrogens is 242 g/mol. The normalized spacial score (nSPS) is 9.95. The summed E-state index contributed by atoms with van der Waals surface area (Å²) in [6.45, 7) is 1.76. The Bertz CT molecular complexity index is 636. The van der Waals surface area contributed by atoms with Crippen LogP contribution in [0.5, 0.6) is 11.6 Å². The largest absolute Gasteiger partial charge is 0.439 e. The maximum Gasteiger partial charge on any atom is 0.228 e. The van der Waals surface area contributed by atoms with Gasteiger partial charge in [-0.15, -0.1) is 0 Å². The second-order valence-corrected chi connectivity index (χ2v) is 4.13. The summed E-state index contributed by atoms with van der Waals surface area (Å²) in [6.07, 6.45) is 1.10. The molecule has 1 heterocycles. The van der Waals surface area contributed by atoms with Crippen LogP contribution in [0.25, 0.3) is 0 Å². The molecule has 1 aromatic heterocycles. The average molecular weight is 255 g/mol. The molecule has 96 valence electrons. The maximum atomic E-state index is 11.0. The Kier molecular flexibility index (Phi) is 3.62. The number of rotatable bonds is 4. The van der Waals surface area contributed by atoms with Crippen LogP contribution < -0.4 is 4.74 Å². The van der Waals surface area contributed by atoms with E-state index in [9.17, 15) is 4.79 Å². The van der Waals surface area contributed by atoms with Gasteiger partial charge in [-0.1, -0.05) is 12.1 Å². The number of hydrogen-bond acceptors (Lipinski definition) is 4.